The number of carbonyl (C=O) groups is 1. The minimum absolute atomic E-state index is 0.0189. The normalized spacial score (nSPS) is 21.4. The van der Waals surface area contributed by atoms with Gasteiger partial charge in [-0.25, -0.2) is 0 Å². The highest BCUT2D eigenvalue weighted by molar-refractivity contribution is 5.79. The summed E-state index contributed by atoms with van der Waals surface area (Å²) in [5, 5.41) is 3.33. The molecule has 0 aliphatic heterocycles. The minimum Gasteiger partial charge on any atom is -0.353 e. The van der Waals surface area contributed by atoms with Gasteiger partial charge in [0.15, 0.2) is 0 Å². The van der Waals surface area contributed by atoms with E-state index in [1.54, 1.807) is 0 Å². The molecule has 3 rings (SSSR count). The fourth-order valence-electron chi connectivity index (χ4n) is 3.77. The van der Waals surface area contributed by atoms with Gasteiger partial charge in [0.2, 0.25) is 5.91 Å². The van der Waals surface area contributed by atoms with Crippen LogP contribution in [0.4, 0.5) is 0 Å². The molecule has 0 spiro atoms. The molecule has 3 atom stereocenters. The maximum Gasteiger partial charge on any atom is 0.223 e. The Balaban J connectivity index is 1.54. The lowest BCUT2D eigenvalue weighted by Crippen LogP contribution is -2.41. The highest BCUT2D eigenvalue weighted by atomic mass is 16.1. The average Bonchev–Trinajstić information content (AvgIpc) is 3.03. The number of amides is 1. The Kier molecular flexibility index (Phi) is 5.68. The van der Waals surface area contributed by atoms with E-state index in [0.29, 0.717) is 12.0 Å². The summed E-state index contributed by atoms with van der Waals surface area (Å²) in [4.78, 5) is 12.6. The molecule has 1 saturated carbocycles. The molecule has 2 heteroatoms. The summed E-state index contributed by atoms with van der Waals surface area (Å²) >= 11 is 0. The Morgan fingerprint density at radius 2 is 1.62 bits per heavy atom. The van der Waals surface area contributed by atoms with E-state index in [9.17, 15) is 4.79 Å². The van der Waals surface area contributed by atoms with Crippen LogP contribution in [-0.4, -0.2) is 11.9 Å². The molecular weight excluding hydrogens is 294 g/mol. The average molecular weight is 321 g/mol. The minimum atomic E-state index is 0.0189. The van der Waals surface area contributed by atoms with Crippen LogP contribution in [0, 0.1) is 11.8 Å². The molecule has 126 valence electrons. The second-order valence-corrected chi connectivity index (χ2v) is 7.09. The summed E-state index contributed by atoms with van der Waals surface area (Å²) in [6, 6.07) is 21.2. The van der Waals surface area contributed by atoms with E-state index in [-0.39, 0.29) is 11.8 Å². The number of hydrogen-bond donors (Lipinski definition) is 1. The monoisotopic (exact) mass is 321 g/mol. The van der Waals surface area contributed by atoms with E-state index in [2.05, 4.69) is 47.8 Å². The zero-order valence-electron chi connectivity index (χ0n) is 14.4. The standard InChI is InChI=1S/C22H27NO/c1-17(15-18-9-4-2-5-10-18)22(24)23-21-14-8-13-20(21)16-19-11-6-3-7-12-19/h2-7,9-12,17,20-21H,8,13-16H2,1H3,(H,23,24). The highest BCUT2D eigenvalue weighted by Gasteiger charge is 2.29. The maximum atomic E-state index is 12.6. The van der Waals surface area contributed by atoms with Crippen LogP contribution in [-0.2, 0) is 17.6 Å². The van der Waals surface area contributed by atoms with E-state index in [4.69, 9.17) is 0 Å². The van der Waals surface area contributed by atoms with Gasteiger partial charge in [0, 0.05) is 12.0 Å². The Morgan fingerprint density at radius 1 is 1.00 bits per heavy atom. The summed E-state index contributed by atoms with van der Waals surface area (Å²) in [5.74, 6) is 0.787. The molecule has 1 aliphatic rings. The third-order valence-electron chi connectivity index (χ3n) is 5.16. The Labute approximate surface area is 145 Å². The first-order chi connectivity index (χ1) is 11.7. The van der Waals surface area contributed by atoms with E-state index >= 15 is 0 Å². The van der Waals surface area contributed by atoms with Crippen molar-refractivity contribution in [2.45, 2.75) is 45.1 Å². The quantitative estimate of drug-likeness (QED) is 0.840. The van der Waals surface area contributed by atoms with Crippen molar-refractivity contribution in [3.63, 3.8) is 0 Å². The van der Waals surface area contributed by atoms with Gasteiger partial charge >= 0.3 is 0 Å². The van der Waals surface area contributed by atoms with Crippen LogP contribution in [0.15, 0.2) is 60.7 Å². The summed E-state index contributed by atoms with van der Waals surface area (Å²) < 4.78 is 0. The molecular formula is C22H27NO. The zero-order chi connectivity index (χ0) is 16.8. The smallest absolute Gasteiger partial charge is 0.223 e. The van der Waals surface area contributed by atoms with E-state index in [1.165, 1.54) is 24.0 Å². The van der Waals surface area contributed by atoms with Gasteiger partial charge in [-0.1, -0.05) is 74.0 Å². The predicted octanol–water partition coefficient (Wildman–Crippen LogP) is 4.39. The maximum absolute atomic E-state index is 12.6. The number of hydrogen-bond acceptors (Lipinski definition) is 1. The Bertz CT molecular complexity index is 638. The van der Waals surface area contributed by atoms with Crippen molar-refractivity contribution < 1.29 is 4.79 Å². The van der Waals surface area contributed by atoms with Crippen LogP contribution in [0.25, 0.3) is 0 Å². The predicted molar refractivity (Wildman–Crippen MR) is 98.7 cm³/mol. The van der Waals surface area contributed by atoms with Crippen molar-refractivity contribution in [3.05, 3.63) is 71.8 Å². The number of benzene rings is 2. The summed E-state index contributed by atoms with van der Waals surface area (Å²) in [5.41, 5.74) is 2.60. The van der Waals surface area contributed by atoms with Crippen molar-refractivity contribution in [2.75, 3.05) is 0 Å². The van der Waals surface area contributed by atoms with Gasteiger partial charge in [-0.2, -0.15) is 0 Å². The van der Waals surface area contributed by atoms with Crippen molar-refractivity contribution in [3.8, 4) is 0 Å². The molecule has 0 heterocycles. The molecule has 1 N–H and O–H groups in total. The molecule has 0 saturated heterocycles. The van der Waals surface area contributed by atoms with Gasteiger partial charge in [-0.3, -0.25) is 4.79 Å². The summed E-state index contributed by atoms with van der Waals surface area (Å²) in [6.07, 6.45) is 5.42. The number of carbonyl (C=O) groups excluding carboxylic acids is 1. The van der Waals surface area contributed by atoms with Gasteiger partial charge in [-0.15, -0.1) is 0 Å². The molecule has 2 aromatic carbocycles. The third-order valence-corrected chi connectivity index (χ3v) is 5.16. The van der Waals surface area contributed by atoms with Gasteiger partial charge in [0.05, 0.1) is 0 Å². The van der Waals surface area contributed by atoms with Crippen LogP contribution in [0.2, 0.25) is 0 Å². The number of nitrogens with one attached hydrogen (secondary N) is 1. The molecule has 0 bridgehead atoms. The lowest BCUT2D eigenvalue weighted by atomic mass is 9.93. The largest absolute Gasteiger partial charge is 0.353 e. The van der Waals surface area contributed by atoms with E-state index in [1.807, 2.05) is 25.1 Å². The molecule has 3 unspecified atom stereocenters. The first kappa shape index (κ1) is 16.8. The molecule has 2 aromatic rings. The summed E-state index contributed by atoms with van der Waals surface area (Å²) in [6.45, 7) is 2.03. The van der Waals surface area contributed by atoms with Gasteiger partial charge < -0.3 is 5.32 Å². The first-order valence-electron chi connectivity index (χ1n) is 9.10. The second kappa shape index (κ2) is 8.14. The van der Waals surface area contributed by atoms with Gasteiger partial charge in [0.25, 0.3) is 0 Å². The molecule has 2 nitrogen and oxygen atoms in total. The molecule has 0 radical (unpaired) electrons. The fraction of sp³-hybridized carbons (Fsp3) is 0.409. The molecule has 1 amide bonds. The fourth-order valence-corrected chi connectivity index (χ4v) is 3.77. The Hall–Kier alpha value is -2.09. The lowest BCUT2D eigenvalue weighted by Gasteiger charge is -2.23. The van der Waals surface area contributed by atoms with Crippen LogP contribution >= 0.6 is 0 Å². The Morgan fingerprint density at radius 3 is 2.29 bits per heavy atom. The van der Waals surface area contributed by atoms with Crippen molar-refractivity contribution in [1.82, 2.24) is 5.32 Å². The van der Waals surface area contributed by atoms with Crippen molar-refractivity contribution >= 4 is 5.91 Å². The van der Waals surface area contributed by atoms with Gasteiger partial charge in [-0.05, 0) is 42.7 Å². The SMILES string of the molecule is CC(Cc1ccccc1)C(=O)NC1CCCC1Cc1ccccc1. The second-order valence-electron chi connectivity index (χ2n) is 7.09. The van der Waals surface area contributed by atoms with Crippen LogP contribution in [0.5, 0.6) is 0 Å². The van der Waals surface area contributed by atoms with E-state index < -0.39 is 0 Å². The number of rotatable bonds is 6. The van der Waals surface area contributed by atoms with Crippen molar-refractivity contribution in [2.24, 2.45) is 11.8 Å². The van der Waals surface area contributed by atoms with Gasteiger partial charge in [0.1, 0.15) is 0 Å². The summed E-state index contributed by atoms with van der Waals surface area (Å²) in [7, 11) is 0. The molecule has 0 aromatic heterocycles. The first-order valence-corrected chi connectivity index (χ1v) is 9.10. The lowest BCUT2D eigenvalue weighted by molar-refractivity contribution is -0.125. The zero-order valence-corrected chi connectivity index (χ0v) is 14.4. The molecule has 24 heavy (non-hydrogen) atoms. The highest BCUT2D eigenvalue weighted by Crippen LogP contribution is 2.29. The molecule has 1 aliphatic carbocycles. The third kappa shape index (κ3) is 4.47. The van der Waals surface area contributed by atoms with E-state index in [0.717, 1.165) is 19.3 Å². The van der Waals surface area contributed by atoms with Crippen LogP contribution < -0.4 is 5.32 Å². The van der Waals surface area contributed by atoms with Crippen molar-refractivity contribution in [1.29, 1.82) is 0 Å². The van der Waals surface area contributed by atoms with Crippen LogP contribution in [0.3, 0.4) is 0 Å². The van der Waals surface area contributed by atoms with Crippen LogP contribution in [0.1, 0.15) is 37.3 Å². The topological polar surface area (TPSA) is 29.1 Å². The molecule has 1 fully saturated rings.